The fourth-order valence-corrected chi connectivity index (χ4v) is 3.44. The fraction of sp³-hybridized carbons (Fsp3) is 0.318. The number of rotatable bonds is 6. The van der Waals surface area contributed by atoms with Crippen LogP contribution in [-0.4, -0.2) is 36.1 Å². The first kappa shape index (κ1) is 19.1. The van der Waals surface area contributed by atoms with Gasteiger partial charge in [0.1, 0.15) is 11.5 Å². The highest BCUT2D eigenvalue weighted by atomic mass is 19.1. The molecule has 4 nitrogen and oxygen atoms in total. The normalized spacial score (nSPS) is 11.1. The molecule has 5 heteroatoms. The first-order chi connectivity index (χ1) is 12.9. The number of methoxy groups -OCH3 is 1. The van der Waals surface area contributed by atoms with Crippen LogP contribution < -0.4 is 0 Å². The second-order valence-electron chi connectivity index (χ2n) is 6.92. The van der Waals surface area contributed by atoms with Gasteiger partial charge in [0.2, 0.25) is 0 Å². The number of ether oxygens (including phenoxy) is 1. The standard InChI is InChI=1S/C22H25FN2O2/c1-14-5-6-15(2)20-19(14)16(3)21(24-20)22(26)25(11-12-27-4)13-17-7-9-18(23)10-8-17/h5-10,24H,11-13H2,1-4H3. The van der Waals surface area contributed by atoms with Gasteiger partial charge in [-0.2, -0.15) is 0 Å². The molecule has 0 unspecified atom stereocenters. The Kier molecular flexibility index (Phi) is 5.61. The average Bonchev–Trinajstić information content (AvgIpc) is 3.01. The average molecular weight is 368 g/mol. The highest BCUT2D eigenvalue weighted by Crippen LogP contribution is 2.28. The Morgan fingerprint density at radius 2 is 1.74 bits per heavy atom. The number of nitrogens with zero attached hydrogens (tertiary/aromatic N) is 1. The number of H-pyrrole nitrogens is 1. The van der Waals surface area contributed by atoms with Gasteiger partial charge in [-0.1, -0.05) is 24.3 Å². The van der Waals surface area contributed by atoms with Crippen LogP contribution in [0.3, 0.4) is 0 Å². The van der Waals surface area contributed by atoms with E-state index in [4.69, 9.17) is 4.74 Å². The van der Waals surface area contributed by atoms with Gasteiger partial charge in [0.05, 0.1) is 6.61 Å². The maximum atomic E-state index is 13.3. The summed E-state index contributed by atoms with van der Waals surface area (Å²) in [6.07, 6.45) is 0. The van der Waals surface area contributed by atoms with Crippen LogP contribution in [0.2, 0.25) is 0 Å². The number of fused-ring (bicyclic) bond motifs is 1. The van der Waals surface area contributed by atoms with Crippen molar-refractivity contribution >= 4 is 16.8 Å². The molecule has 0 aliphatic heterocycles. The lowest BCUT2D eigenvalue weighted by atomic mass is 10.0. The first-order valence-corrected chi connectivity index (χ1v) is 9.03. The minimum atomic E-state index is -0.286. The van der Waals surface area contributed by atoms with Gasteiger partial charge in [-0.3, -0.25) is 4.79 Å². The van der Waals surface area contributed by atoms with Gasteiger partial charge in [0.15, 0.2) is 0 Å². The van der Waals surface area contributed by atoms with Crippen LogP contribution in [-0.2, 0) is 11.3 Å². The van der Waals surface area contributed by atoms with E-state index < -0.39 is 0 Å². The second-order valence-corrected chi connectivity index (χ2v) is 6.92. The summed E-state index contributed by atoms with van der Waals surface area (Å²) in [6, 6.07) is 10.4. The molecular weight excluding hydrogens is 343 g/mol. The summed E-state index contributed by atoms with van der Waals surface area (Å²) in [5.41, 5.74) is 5.69. The summed E-state index contributed by atoms with van der Waals surface area (Å²) in [4.78, 5) is 18.4. The van der Waals surface area contributed by atoms with E-state index in [1.165, 1.54) is 12.1 Å². The Morgan fingerprint density at radius 3 is 2.37 bits per heavy atom. The van der Waals surface area contributed by atoms with Crippen molar-refractivity contribution in [2.24, 2.45) is 0 Å². The van der Waals surface area contributed by atoms with Crippen molar-refractivity contribution < 1.29 is 13.9 Å². The Hall–Kier alpha value is -2.66. The lowest BCUT2D eigenvalue weighted by Crippen LogP contribution is -2.34. The lowest BCUT2D eigenvalue weighted by molar-refractivity contribution is 0.0675. The molecule has 0 spiro atoms. The summed E-state index contributed by atoms with van der Waals surface area (Å²) in [7, 11) is 1.61. The van der Waals surface area contributed by atoms with Crippen molar-refractivity contribution in [3.63, 3.8) is 0 Å². The summed E-state index contributed by atoms with van der Waals surface area (Å²) < 4.78 is 18.4. The first-order valence-electron chi connectivity index (χ1n) is 9.03. The molecule has 0 radical (unpaired) electrons. The summed E-state index contributed by atoms with van der Waals surface area (Å²) >= 11 is 0. The number of amides is 1. The van der Waals surface area contributed by atoms with Gasteiger partial charge < -0.3 is 14.6 Å². The third kappa shape index (κ3) is 3.88. The third-order valence-electron chi connectivity index (χ3n) is 4.98. The fourth-order valence-electron chi connectivity index (χ4n) is 3.44. The molecule has 27 heavy (non-hydrogen) atoms. The highest BCUT2D eigenvalue weighted by Gasteiger charge is 2.22. The van der Waals surface area contributed by atoms with E-state index in [2.05, 4.69) is 24.0 Å². The monoisotopic (exact) mass is 368 g/mol. The van der Waals surface area contributed by atoms with Gasteiger partial charge in [-0.25, -0.2) is 4.39 Å². The predicted octanol–water partition coefficient (Wildman–Crippen LogP) is 4.52. The van der Waals surface area contributed by atoms with Gasteiger partial charge in [0, 0.05) is 31.1 Å². The van der Waals surface area contributed by atoms with Crippen molar-refractivity contribution in [2.75, 3.05) is 20.3 Å². The van der Waals surface area contributed by atoms with Crippen molar-refractivity contribution in [2.45, 2.75) is 27.3 Å². The van der Waals surface area contributed by atoms with Crippen LogP contribution in [0.5, 0.6) is 0 Å². The van der Waals surface area contributed by atoms with Gasteiger partial charge >= 0.3 is 0 Å². The molecule has 0 fully saturated rings. The van der Waals surface area contributed by atoms with Crippen molar-refractivity contribution in [3.05, 3.63) is 70.2 Å². The highest BCUT2D eigenvalue weighted by molar-refractivity contribution is 6.02. The SMILES string of the molecule is COCCN(Cc1ccc(F)cc1)C(=O)c1[nH]c2c(C)ccc(C)c2c1C. The Labute approximate surface area is 158 Å². The van der Waals surface area contributed by atoms with E-state index in [9.17, 15) is 9.18 Å². The van der Waals surface area contributed by atoms with Crippen LogP contribution in [0, 0.1) is 26.6 Å². The summed E-state index contributed by atoms with van der Waals surface area (Å²) in [5.74, 6) is -0.366. The molecule has 0 aliphatic rings. The maximum Gasteiger partial charge on any atom is 0.270 e. The lowest BCUT2D eigenvalue weighted by Gasteiger charge is -2.22. The van der Waals surface area contributed by atoms with Gasteiger partial charge in [-0.05, 0) is 55.2 Å². The van der Waals surface area contributed by atoms with Crippen LogP contribution in [0.25, 0.3) is 10.9 Å². The topological polar surface area (TPSA) is 45.3 Å². The Morgan fingerprint density at radius 1 is 1.07 bits per heavy atom. The van der Waals surface area contributed by atoms with Crippen molar-refractivity contribution in [1.82, 2.24) is 9.88 Å². The molecule has 0 atom stereocenters. The number of hydrogen-bond acceptors (Lipinski definition) is 2. The number of aromatic nitrogens is 1. The van der Waals surface area contributed by atoms with Crippen LogP contribution in [0.4, 0.5) is 4.39 Å². The van der Waals surface area contributed by atoms with Gasteiger partial charge in [-0.15, -0.1) is 0 Å². The van der Waals surface area contributed by atoms with Crippen LogP contribution in [0.1, 0.15) is 32.7 Å². The van der Waals surface area contributed by atoms with E-state index in [0.29, 0.717) is 25.4 Å². The number of benzene rings is 2. The number of nitrogens with one attached hydrogen (secondary N) is 1. The Balaban J connectivity index is 1.97. The molecule has 0 saturated heterocycles. The molecule has 142 valence electrons. The molecule has 1 N–H and O–H groups in total. The molecule has 0 bridgehead atoms. The molecule has 3 rings (SSSR count). The molecule has 0 saturated carbocycles. The molecular formula is C22H25FN2O2. The smallest absolute Gasteiger partial charge is 0.270 e. The number of hydrogen-bond donors (Lipinski definition) is 1. The summed E-state index contributed by atoms with van der Waals surface area (Å²) in [6.45, 7) is 7.36. The van der Waals surface area contributed by atoms with E-state index in [0.717, 1.165) is 33.2 Å². The molecule has 1 amide bonds. The predicted molar refractivity (Wildman–Crippen MR) is 106 cm³/mol. The molecule has 1 heterocycles. The van der Waals surface area contributed by atoms with E-state index in [1.54, 1.807) is 24.1 Å². The largest absolute Gasteiger partial charge is 0.383 e. The van der Waals surface area contributed by atoms with Crippen molar-refractivity contribution in [1.29, 1.82) is 0 Å². The zero-order valence-corrected chi connectivity index (χ0v) is 16.2. The zero-order valence-electron chi connectivity index (χ0n) is 16.2. The molecule has 1 aromatic heterocycles. The van der Waals surface area contributed by atoms with Gasteiger partial charge in [0.25, 0.3) is 5.91 Å². The van der Waals surface area contributed by atoms with Crippen LogP contribution >= 0.6 is 0 Å². The molecule has 2 aromatic carbocycles. The maximum absolute atomic E-state index is 13.3. The second kappa shape index (κ2) is 7.92. The number of carbonyl (C=O) groups is 1. The van der Waals surface area contributed by atoms with Crippen molar-refractivity contribution in [3.8, 4) is 0 Å². The minimum absolute atomic E-state index is 0.0797. The quantitative estimate of drug-likeness (QED) is 0.695. The number of carbonyl (C=O) groups excluding carboxylic acids is 1. The van der Waals surface area contributed by atoms with E-state index in [1.807, 2.05) is 13.8 Å². The van der Waals surface area contributed by atoms with E-state index >= 15 is 0 Å². The third-order valence-corrected chi connectivity index (χ3v) is 4.98. The summed E-state index contributed by atoms with van der Waals surface area (Å²) in [5, 5.41) is 1.10. The Bertz CT molecular complexity index is 961. The zero-order chi connectivity index (χ0) is 19.6. The number of halogens is 1. The minimum Gasteiger partial charge on any atom is -0.383 e. The number of aryl methyl sites for hydroxylation is 3. The number of aromatic amines is 1. The molecule has 0 aliphatic carbocycles. The van der Waals surface area contributed by atoms with Crippen LogP contribution in [0.15, 0.2) is 36.4 Å². The molecule has 3 aromatic rings. The van der Waals surface area contributed by atoms with E-state index in [-0.39, 0.29) is 11.7 Å².